The van der Waals surface area contributed by atoms with Crippen LogP contribution >= 0.6 is 23.2 Å². The van der Waals surface area contributed by atoms with Crippen LogP contribution in [0.25, 0.3) is 0 Å². The number of benzene rings is 2. The predicted molar refractivity (Wildman–Crippen MR) is 140 cm³/mol. The zero-order valence-corrected chi connectivity index (χ0v) is 22.8. The Kier molecular flexibility index (Phi) is 10.2. The fourth-order valence-electron chi connectivity index (χ4n) is 3.40. The number of nitrogens with one attached hydrogen (secondary N) is 1. The normalized spacial score (nSPS) is 12.1. The number of aryl methyl sites for hydroxylation is 1. The standard InChI is InChI=1S/C24H31Cl2N3O5S/c1-6-11-27-24(31)17(3)28(14-18-8-9-19(25)13-20(18)26)23(30)15-29(35(5,32)33)21-12-16(2)7-10-22(21)34-4/h7-10,12-13,17H,6,11,14-15H2,1-5H3,(H,27,31). The fraction of sp³-hybridized carbons (Fsp3) is 0.417. The highest BCUT2D eigenvalue weighted by Crippen LogP contribution is 2.31. The Labute approximate surface area is 217 Å². The van der Waals surface area contributed by atoms with Gasteiger partial charge in [0.25, 0.3) is 0 Å². The molecule has 192 valence electrons. The Hall–Kier alpha value is -2.49. The maximum Gasteiger partial charge on any atom is 0.244 e. The van der Waals surface area contributed by atoms with E-state index in [1.165, 1.54) is 12.0 Å². The average molecular weight is 545 g/mol. The summed E-state index contributed by atoms with van der Waals surface area (Å²) in [4.78, 5) is 27.7. The maximum atomic E-state index is 13.6. The van der Waals surface area contributed by atoms with Gasteiger partial charge in [-0.05, 0) is 55.7 Å². The highest BCUT2D eigenvalue weighted by molar-refractivity contribution is 7.92. The van der Waals surface area contributed by atoms with Crippen molar-refractivity contribution in [2.24, 2.45) is 0 Å². The van der Waals surface area contributed by atoms with Gasteiger partial charge in [0.2, 0.25) is 21.8 Å². The van der Waals surface area contributed by atoms with Gasteiger partial charge in [0, 0.05) is 23.1 Å². The Morgan fingerprint density at radius 3 is 2.40 bits per heavy atom. The SMILES string of the molecule is CCCNC(=O)C(C)N(Cc1ccc(Cl)cc1Cl)C(=O)CN(c1cc(C)ccc1OC)S(C)(=O)=O. The van der Waals surface area contributed by atoms with Gasteiger partial charge in [-0.25, -0.2) is 8.42 Å². The summed E-state index contributed by atoms with van der Waals surface area (Å²) in [6.07, 6.45) is 1.74. The maximum absolute atomic E-state index is 13.6. The summed E-state index contributed by atoms with van der Waals surface area (Å²) in [5, 5.41) is 3.54. The highest BCUT2D eigenvalue weighted by Gasteiger charge is 2.31. The molecule has 11 heteroatoms. The molecule has 0 aliphatic rings. The number of ether oxygens (including phenoxy) is 1. The minimum atomic E-state index is -3.88. The van der Waals surface area contributed by atoms with Crippen LogP contribution in [0.5, 0.6) is 5.75 Å². The van der Waals surface area contributed by atoms with Crippen molar-refractivity contribution in [1.29, 1.82) is 0 Å². The summed E-state index contributed by atoms with van der Waals surface area (Å²) >= 11 is 12.3. The molecule has 0 saturated carbocycles. The second-order valence-corrected chi connectivity index (χ2v) is 10.9. The summed E-state index contributed by atoms with van der Waals surface area (Å²) in [5.74, 6) is -0.636. The Morgan fingerprint density at radius 1 is 1.14 bits per heavy atom. The second-order valence-electron chi connectivity index (χ2n) is 8.17. The molecule has 2 aromatic carbocycles. The van der Waals surface area contributed by atoms with Crippen LogP contribution in [0.2, 0.25) is 10.0 Å². The molecular weight excluding hydrogens is 513 g/mol. The largest absolute Gasteiger partial charge is 0.495 e. The third kappa shape index (κ3) is 7.75. The third-order valence-corrected chi connectivity index (χ3v) is 7.07. The van der Waals surface area contributed by atoms with Crippen molar-refractivity contribution in [3.8, 4) is 5.75 Å². The van der Waals surface area contributed by atoms with E-state index in [-0.39, 0.29) is 18.1 Å². The summed E-state index contributed by atoms with van der Waals surface area (Å²) in [5.41, 5.74) is 1.59. The number of carbonyl (C=O) groups is 2. The van der Waals surface area contributed by atoms with Crippen molar-refractivity contribution in [3.05, 3.63) is 57.6 Å². The summed E-state index contributed by atoms with van der Waals surface area (Å²) in [6, 6.07) is 9.00. The summed E-state index contributed by atoms with van der Waals surface area (Å²) in [6.45, 7) is 5.21. The zero-order valence-electron chi connectivity index (χ0n) is 20.5. The van der Waals surface area contributed by atoms with Crippen LogP contribution in [-0.2, 0) is 26.2 Å². The molecule has 35 heavy (non-hydrogen) atoms. The Morgan fingerprint density at radius 2 is 1.83 bits per heavy atom. The van der Waals surface area contributed by atoms with E-state index in [4.69, 9.17) is 27.9 Å². The number of nitrogens with zero attached hydrogens (tertiary/aromatic N) is 2. The highest BCUT2D eigenvalue weighted by atomic mass is 35.5. The van der Waals surface area contributed by atoms with Crippen LogP contribution in [0.4, 0.5) is 5.69 Å². The number of sulfonamides is 1. The average Bonchev–Trinajstić information content (AvgIpc) is 2.79. The van der Waals surface area contributed by atoms with E-state index in [1.807, 2.05) is 6.92 Å². The molecule has 8 nitrogen and oxygen atoms in total. The molecule has 0 fully saturated rings. The van der Waals surface area contributed by atoms with Crippen molar-refractivity contribution in [3.63, 3.8) is 0 Å². The molecule has 0 spiro atoms. The van der Waals surface area contributed by atoms with Crippen LogP contribution in [0.1, 0.15) is 31.4 Å². The first-order valence-electron chi connectivity index (χ1n) is 11.0. The number of carbonyl (C=O) groups excluding carboxylic acids is 2. The molecule has 0 radical (unpaired) electrons. The molecule has 0 saturated heterocycles. The van der Waals surface area contributed by atoms with Crippen LogP contribution in [0.3, 0.4) is 0 Å². The summed E-state index contributed by atoms with van der Waals surface area (Å²) in [7, 11) is -2.46. The molecule has 1 N–H and O–H groups in total. The molecule has 0 bridgehead atoms. The number of hydrogen-bond acceptors (Lipinski definition) is 5. The van der Waals surface area contributed by atoms with Gasteiger partial charge in [0.1, 0.15) is 18.3 Å². The van der Waals surface area contributed by atoms with Gasteiger partial charge in [0.15, 0.2) is 0 Å². The van der Waals surface area contributed by atoms with Crippen LogP contribution in [-0.4, -0.2) is 57.6 Å². The Balaban J connectivity index is 2.48. The smallest absolute Gasteiger partial charge is 0.244 e. The summed E-state index contributed by atoms with van der Waals surface area (Å²) < 4.78 is 31.8. The predicted octanol–water partition coefficient (Wildman–Crippen LogP) is 4.02. The Bertz CT molecular complexity index is 1170. The van der Waals surface area contributed by atoms with E-state index in [2.05, 4.69) is 5.32 Å². The number of hydrogen-bond donors (Lipinski definition) is 1. The monoisotopic (exact) mass is 543 g/mol. The molecule has 2 amide bonds. The quantitative estimate of drug-likeness (QED) is 0.461. The third-order valence-electron chi connectivity index (χ3n) is 5.35. The molecule has 0 heterocycles. The van der Waals surface area contributed by atoms with Crippen molar-refractivity contribution >= 4 is 50.7 Å². The van der Waals surface area contributed by atoms with Crippen LogP contribution < -0.4 is 14.4 Å². The first kappa shape index (κ1) is 28.7. The van der Waals surface area contributed by atoms with Gasteiger partial charge in [-0.2, -0.15) is 0 Å². The molecule has 0 aliphatic heterocycles. The van der Waals surface area contributed by atoms with Gasteiger partial charge >= 0.3 is 0 Å². The molecule has 1 atom stereocenters. The lowest BCUT2D eigenvalue weighted by Crippen LogP contribution is -2.51. The van der Waals surface area contributed by atoms with E-state index >= 15 is 0 Å². The first-order chi connectivity index (χ1) is 16.4. The number of rotatable bonds is 11. The van der Waals surface area contributed by atoms with E-state index in [0.29, 0.717) is 27.9 Å². The van der Waals surface area contributed by atoms with E-state index in [1.54, 1.807) is 50.2 Å². The van der Waals surface area contributed by atoms with Gasteiger partial charge in [-0.3, -0.25) is 13.9 Å². The molecule has 2 aromatic rings. The van der Waals surface area contributed by atoms with Crippen LogP contribution in [0, 0.1) is 6.92 Å². The van der Waals surface area contributed by atoms with E-state index < -0.39 is 28.5 Å². The van der Waals surface area contributed by atoms with E-state index in [0.717, 1.165) is 22.5 Å². The molecular formula is C24H31Cl2N3O5S. The number of amides is 2. The topological polar surface area (TPSA) is 96.0 Å². The molecule has 0 aromatic heterocycles. The van der Waals surface area contributed by atoms with Gasteiger partial charge in [0.05, 0.1) is 19.1 Å². The van der Waals surface area contributed by atoms with Crippen molar-refractivity contribution in [2.45, 2.75) is 39.8 Å². The van der Waals surface area contributed by atoms with Gasteiger partial charge in [-0.1, -0.05) is 42.3 Å². The van der Waals surface area contributed by atoms with Crippen molar-refractivity contribution in [1.82, 2.24) is 10.2 Å². The lowest BCUT2D eigenvalue weighted by molar-refractivity contribution is -0.139. The number of anilines is 1. The fourth-order valence-corrected chi connectivity index (χ4v) is 4.71. The minimum Gasteiger partial charge on any atom is -0.495 e. The van der Waals surface area contributed by atoms with Gasteiger partial charge < -0.3 is 15.0 Å². The van der Waals surface area contributed by atoms with E-state index in [9.17, 15) is 18.0 Å². The minimum absolute atomic E-state index is 0.0158. The number of methoxy groups -OCH3 is 1. The molecule has 2 rings (SSSR count). The van der Waals surface area contributed by atoms with Crippen molar-refractivity contribution in [2.75, 3.05) is 30.8 Å². The molecule has 1 unspecified atom stereocenters. The zero-order chi connectivity index (χ0) is 26.3. The molecule has 0 aliphatic carbocycles. The van der Waals surface area contributed by atoms with Gasteiger partial charge in [-0.15, -0.1) is 0 Å². The second kappa shape index (κ2) is 12.5. The lowest BCUT2D eigenvalue weighted by Gasteiger charge is -2.32. The lowest BCUT2D eigenvalue weighted by atomic mass is 10.1. The van der Waals surface area contributed by atoms with Crippen molar-refractivity contribution < 1.29 is 22.7 Å². The number of halogens is 2. The first-order valence-corrected chi connectivity index (χ1v) is 13.6. The van der Waals surface area contributed by atoms with Crippen LogP contribution in [0.15, 0.2) is 36.4 Å².